The van der Waals surface area contributed by atoms with Crippen molar-refractivity contribution >= 4 is 22.6 Å². The van der Waals surface area contributed by atoms with E-state index >= 15 is 0 Å². The number of rotatable bonds is 4. The van der Waals surface area contributed by atoms with Crippen LogP contribution in [-0.2, 0) is 4.79 Å². The van der Waals surface area contributed by atoms with Crippen LogP contribution in [0.25, 0.3) is 10.8 Å². The molecule has 0 unspecified atom stereocenters. The van der Waals surface area contributed by atoms with Gasteiger partial charge in [-0.2, -0.15) is 0 Å². The number of esters is 1. The summed E-state index contributed by atoms with van der Waals surface area (Å²) < 4.78 is 6.25. The summed E-state index contributed by atoms with van der Waals surface area (Å²) in [4.78, 5) is 28.0. The smallest absolute Gasteiger partial charge is 0.338 e. The molecule has 1 saturated carbocycles. The third kappa shape index (κ3) is 3.69. The number of carbonyl (C=O) groups excluding carboxylic acids is 2. The first kappa shape index (κ1) is 22.5. The van der Waals surface area contributed by atoms with E-state index in [2.05, 4.69) is 29.6 Å². The molecule has 4 aromatic carbocycles. The topological polar surface area (TPSA) is 55.4 Å². The molecule has 180 valence electrons. The van der Waals surface area contributed by atoms with Crippen LogP contribution in [-0.4, -0.2) is 17.4 Å². The lowest BCUT2D eigenvalue weighted by Crippen LogP contribution is -2.66. The molecule has 1 aliphatic carbocycles. The highest BCUT2D eigenvalue weighted by molar-refractivity contribution is 6.02. The summed E-state index contributed by atoms with van der Waals surface area (Å²) in [5.41, 5.74) is 1.28. The van der Waals surface area contributed by atoms with Gasteiger partial charge in [-0.1, -0.05) is 104 Å². The Morgan fingerprint density at radius 3 is 2.19 bits per heavy atom. The van der Waals surface area contributed by atoms with Gasteiger partial charge < -0.3 is 10.1 Å². The van der Waals surface area contributed by atoms with Crippen molar-refractivity contribution in [1.29, 1.82) is 0 Å². The molecule has 1 aliphatic heterocycles. The van der Waals surface area contributed by atoms with Crippen molar-refractivity contribution in [2.24, 2.45) is 5.92 Å². The number of hydrogen-bond acceptors (Lipinski definition) is 3. The highest BCUT2D eigenvalue weighted by atomic mass is 16.5. The van der Waals surface area contributed by atoms with Crippen LogP contribution >= 0.6 is 0 Å². The Balaban J connectivity index is 1.59. The zero-order valence-corrected chi connectivity index (χ0v) is 20.2. The molecule has 0 saturated heterocycles. The number of nitrogens with one attached hydrogen (secondary N) is 1. The van der Waals surface area contributed by atoms with E-state index in [4.69, 9.17) is 4.74 Å². The zero-order chi connectivity index (χ0) is 24.5. The summed E-state index contributed by atoms with van der Waals surface area (Å²) in [6, 6.07) is 31.4. The molecule has 0 spiro atoms. The van der Waals surface area contributed by atoms with Gasteiger partial charge in [0.15, 0.2) is 5.54 Å². The summed E-state index contributed by atoms with van der Waals surface area (Å²) in [5.74, 6) is -0.404. The summed E-state index contributed by atoms with van der Waals surface area (Å²) in [6.45, 7) is 0. The molecular formula is C32H29NO3. The quantitative estimate of drug-likeness (QED) is 0.266. The maximum absolute atomic E-state index is 14.3. The third-order valence-corrected chi connectivity index (χ3v) is 7.95. The zero-order valence-electron chi connectivity index (χ0n) is 20.2. The fourth-order valence-corrected chi connectivity index (χ4v) is 6.26. The van der Waals surface area contributed by atoms with Crippen molar-refractivity contribution in [2.45, 2.75) is 43.6 Å². The Kier molecular flexibility index (Phi) is 5.80. The van der Waals surface area contributed by atoms with Crippen molar-refractivity contribution in [2.75, 3.05) is 0 Å². The second kappa shape index (κ2) is 9.27. The van der Waals surface area contributed by atoms with E-state index in [0.717, 1.165) is 54.0 Å². The predicted molar refractivity (Wildman–Crippen MR) is 141 cm³/mol. The highest BCUT2D eigenvalue weighted by Gasteiger charge is 2.58. The first-order valence-electron chi connectivity index (χ1n) is 12.8. The van der Waals surface area contributed by atoms with Gasteiger partial charge in [0.2, 0.25) is 0 Å². The lowest BCUT2D eigenvalue weighted by Gasteiger charge is -2.49. The van der Waals surface area contributed by atoms with Crippen molar-refractivity contribution in [3.63, 3.8) is 0 Å². The monoisotopic (exact) mass is 475 g/mol. The van der Waals surface area contributed by atoms with Gasteiger partial charge in [-0.05, 0) is 41.8 Å². The van der Waals surface area contributed by atoms with Crippen LogP contribution in [0.2, 0.25) is 0 Å². The van der Waals surface area contributed by atoms with Crippen LogP contribution in [0.15, 0.2) is 97.1 Å². The Hall–Kier alpha value is -3.92. The normalized spacial score (nSPS) is 22.0. The van der Waals surface area contributed by atoms with E-state index in [9.17, 15) is 9.59 Å². The Morgan fingerprint density at radius 2 is 1.44 bits per heavy atom. The number of amides is 1. The standard InChI is InChI=1S/C32H29NO3/c34-30(24-15-6-2-7-16-24)33-32(25-17-8-3-9-18-25)28(23-13-4-1-5-14-23)27-21-20-22-12-10-11-19-26(22)29(27)36-31(32)35/h1-2,4-7,10-16,19-21,25,28H,3,8-9,17-18H2,(H,33,34)/t28-,32-/m0/s1. The van der Waals surface area contributed by atoms with Crippen LogP contribution in [0.4, 0.5) is 0 Å². The number of carbonyl (C=O) groups is 2. The van der Waals surface area contributed by atoms with Gasteiger partial charge in [-0.3, -0.25) is 4.79 Å². The maximum Gasteiger partial charge on any atom is 0.338 e. The van der Waals surface area contributed by atoms with Crippen molar-refractivity contribution in [3.8, 4) is 5.75 Å². The molecule has 1 N–H and O–H groups in total. The predicted octanol–water partition coefficient (Wildman–Crippen LogP) is 6.64. The van der Waals surface area contributed by atoms with Gasteiger partial charge in [-0.25, -0.2) is 4.79 Å². The molecule has 36 heavy (non-hydrogen) atoms. The van der Waals surface area contributed by atoms with Crippen LogP contribution in [0.3, 0.4) is 0 Å². The van der Waals surface area contributed by atoms with E-state index in [1.165, 1.54) is 0 Å². The second-order valence-corrected chi connectivity index (χ2v) is 9.96. The molecule has 1 amide bonds. The number of hydrogen-bond donors (Lipinski definition) is 1. The Bertz CT molecular complexity index is 1410. The minimum absolute atomic E-state index is 0.0313. The number of fused-ring (bicyclic) bond motifs is 3. The van der Waals surface area contributed by atoms with Crippen molar-refractivity contribution in [3.05, 3.63) is 114 Å². The van der Waals surface area contributed by atoms with Crippen LogP contribution in [0.1, 0.15) is 59.5 Å². The van der Waals surface area contributed by atoms with Crippen LogP contribution in [0, 0.1) is 5.92 Å². The van der Waals surface area contributed by atoms with Gasteiger partial charge in [0.25, 0.3) is 5.91 Å². The van der Waals surface area contributed by atoms with Gasteiger partial charge in [-0.15, -0.1) is 0 Å². The average molecular weight is 476 g/mol. The largest absolute Gasteiger partial charge is 0.424 e. The van der Waals surface area contributed by atoms with Crippen molar-refractivity contribution < 1.29 is 14.3 Å². The minimum Gasteiger partial charge on any atom is -0.424 e. The van der Waals surface area contributed by atoms with Gasteiger partial charge in [0.1, 0.15) is 5.75 Å². The molecule has 0 radical (unpaired) electrons. The van der Waals surface area contributed by atoms with Gasteiger partial charge in [0, 0.05) is 22.4 Å². The number of benzene rings is 4. The van der Waals surface area contributed by atoms with Gasteiger partial charge >= 0.3 is 5.97 Å². The van der Waals surface area contributed by atoms with Crippen LogP contribution < -0.4 is 10.1 Å². The van der Waals surface area contributed by atoms with E-state index in [1.807, 2.05) is 60.7 Å². The molecule has 6 rings (SSSR count). The van der Waals surface area contributed by atoms with Crippen LogP contribution in [0.5, 0.6) is 5.75 Å². The third-order valence-electron chi connectivity index (χ3n) is 7.95. The molecule has 2 atom stereocenters. The highest BCUT2D eigenvalue weighted by Crippen LogP contribution is 2.52. The number of ether oxygens (including phenoxy) is 1. The second-order valence-electron chi connectivity index (χ2n) is 9.96. The lowest BCUT2D eigenvalue weighted by molar-refractivity contribution is -0.147. The van der Waals surface area contributed by atoms with E-state index < -0.39 is 5.54 Å². The average Bonchev–Trinajstić information content (AvgIpc) is 2.94. The molecule has 4 nitrogen and oxygen atoms in total. The fraction of sp³-hybridized carbons (Fsp3) is 0.250. The summed E-state index contributed by atoms with van der Waals surface area (Å²) in [5, 5.41) is 5.23. The first-order chi connectivity index (χ1) is 17.7. The summed E-state index contributed by atoms with van der Waals surface area (Å²) >= 11 is 0. The SMILES string of the molecule is O=C(N[C@]1(C2CCCCC2)C(=O)Oc2c(ccc3ccccc23)[C@@H]1c1ccccc1)c1ccccc1. The van der Waals surface area contributed by atoms with E-state index in [-0.39, 0.29) is 23.7 Å². The molecule has 1 heterocycles. The molecule has 4 aromatic rings. The molecular weight excluding hydrogens is 446 g/mol. The summed E-state index contributed by atoms with van der Waals surface area (Å²) in [7, 11) is 0. The Morgan fingerprint density at radius 1 is 0.778 bits per heavy atom. The lowest BCUT2D eigenvalue weighted by atomic mass is 9.62. The fourth-order valence-electron chi connectivity index (χ4n) is 6.26. The molecule has 1 fully saturated rings. The molecule has 0 aromatic heterocycles. The van der Waals surface area contributed by atoms with Gasteiger partial charge in [0.05, 0.1) is 0 Å². The molecule has 0 bridgehead atoms. The molecule has 4 heteroatoms. The first-order valence-corrected chi connectivity index (χ1v) is 12.8. The van der Waals surface area contributed by atoms with E-state index in [0.29, 0.717) is 11.3 Å². The van der Waals surface area contributed by atoms with Crippen molar-refractivity contribution in [1.82, 2.24) is 5.32 Å². The van der Waals surface area contributed by atoms with E-state index in [1.54, 1.807) is 12.1 Å². The molecule has 2 aliphatic rings. The summed E-state index contributed by atoms with van der Waals surface area (Å²) in [6.07, 6.45) is 4.96. The maximum atomic E-state index is 14.3. The minimum atomic E-state index is -1.20. The Labute approximate surface area is 211 Å².